The lowest BCUT2D eigenvalue weighted by molar-refractivity contribution is 0.204. The quantitative estimate of drug-likeness (QED) is 0.467. The summed E-state index contributed by atoms with van der Waals surface area (Å²) in [5.74, 6) is 0. The molecule has 4 nitrogen and oxygen atoms in total. The van der Waals surface area contributed by atoms with Crippen molar-refractivity contribution in [1.29, 1.82) is 0 Å². The Labute approximate surface area is 92.0 Å². The Morgan fingerprint density at radius 3 is 2.57 bits per heavy atom. The van der Waals surface area contributed by atoms with Gasteiger partial charge in [0.1, 0.15) is 0 Å². The van der Waals surface area contributed by atoms with E-state index in [-0.39, 0.29) is 0 Å². The zero-order valence-corrected chi connectivity index (χ0v) is 10.1. The van der Waals surface area contributed by atoms with Gasteiger partial charge in [0.25, 0.3) is 0 Å². The van der Waals surface area contributed by atoms with Crippen LogP contribution in [0.15, 0.2) is 0 Å². The number of likely N-dealkylation sites (N-methyl/N-ethyl adjacent to an activating group) is 1. The Balaban J connectivity index is 3.26. The molecular weight excluding hydrogens is 198 g/mol. The highest BCUT2D eigenvalue weighted by Gasteiger charge is 1.96. The molecule has 0 aliphatic rings. The fourth-order valence-electron chi connectivity index (χ4n) is 0.848. The molecule has 0 bridgehead atoms. The molecule has 0 radical (unpaired) electrons. The van der Waals surface area contributed by atoms with E-state index in [1.54, 1.807) is 7.11 Å². The molecule has 0 aromatic rings. The molecule has 2 N–H and O–H groups in total. The number of nitrogens with zero attached hydrogens (tertiary/aromatic N) is 1. The van der Waals surface area contributed by atoms with Crippen LogP contribution in [0.3, 0.4) is 0 Å². The standard InChI is InChI=1S/C9H21N3OS/c1-4-12(2)7-5-10-9(14)11-6-8-13-3/h4-8H2,1-3H3,(H2,10,11,14). The largest absolute Gasteiger partial charge is 0.383 e. The molecular formula is C9H21N3OS. The topological polar surface area (TPSA) is 36.5 Å². The molecule has 0 aliphatic carbocycles. The Kier molecular flexibility index (Phi) is 8.92. The van der Waals surface area contributed by atoms with Crippen molar-refractivity contribution in [2.45, 2.75) is 6.92 Å². The minimum absolute atomic E-state index is 0.677. The summed E-state index contributed by atoms with van der Waals surface area (Å²) in [5, 5.41) is 6.88. The lowest BCUT2D eigenvalue weighted by Crippen LogP contribution is -2.40. The predicted octanol–water partition coefficient (Wildman–Crippen LogP) is 0.0486. The molecule has 0 aromatic carbocycles. The van der Waals surface area contributed by atoms with Crippen LogP contribution in [-0.2, 0) is 4.74 Å². The summed E-state index contributed by atoms with van der Waals surface area (Å²) in [5.41, 5.74) is 0. The van der Waals surface area contributed by atoms with E-state index in [0.29, 0.717) is 11.7 Å². The van der Waals surface area contributed by atoms with E-state index in [9.17, 15) is 0 Å². The Morgan fingerprint density at radius 2 is 2.00 bits per heavy atom. The third-order valence-electron chi connectivity index (χ3n) is 1.91. The summed E-state index contributed by atoms with van der Waals surface area (Å²) in [6.07, 6.45) is 0. The van der Waals surface area contributed by atoms with Crippen LogP contribution in [0.5, 0.6) is 0 Å². The van der Waals surface area contributed by atoms with Gasteiger partial charge in [-0.2, -0.15) is 0 Å². The van der Waals surface area contributed by atoms with E-state index in [4.69, 9.17) is 17.0 Å². The normalized spacial score (nSPS) is 10.3. The third kappa shape index (κ3) is 8.22. The first-order chi connectivity index (χ1) is 6.70. The first-order valence-electron chi connectivity index (χ1n) is 4.89. The van der Waals surface area contributed by atoms with Crippen LogP contribution in [0.4, 0.5) is 0 Å². The minimum Gasteiger partial charge on any atom is -0.383 e. The number of methoxy groups -OCH3 is 1. The number of nitrogens with one attached hydrogen (secondary N) is 2. The molecule has 5 heteroatoms. The van der Waals surface area contributed by atoms with E-state index in [2.05, 4.69) is 29.5 Å². The molecule has 0 unspecified atom stereocenters. The molecule has 0 amide bonds. The zero-order chi connectivity index (χ0) is 10.8. The molecule has 0 aliphatic heterocycles. The van der Waals surface area contributed by atoms with Gasteiger partial charge in [0, 0.05) is 26.7 Å². The molecule has 0 saturated heterocycles. The van der Waals surface area contributed by atoms with Gasteiger partial charge in [-0.25, -0.2) is 0 Å². The van der Waals surface area contributed by atoms with Gasteiger partial charge >= 0.3 is 0 Å². The van der Waals surface area contributed by atoms with Gasteiger partial charge in [0.15, 0.2) is 5.11 Å². The van der Waals surface area contributed by atoms with E-state index in [1.807, 2.05) is 0 Å². The van der Waals surface area contributed by atoms with Gasteiger partial charge < -0.3 is 20.3 Å². The highest BCUT2D eigenvalue weighted by molar-refractivity contribution is 7.80. The van der Waals surface area contributed by atoms with Crippen LogP contribution < -0.4 is 10.6 Å². The highest BCUT2D eigenvalue weighted by Crippen LogP contribution is 1.77. The Bertz CT molecular complexity index is 155. The molecule has 0 atom stereocenters. The van der Waals surface area contributed by atoms with Crippen molar-refractivity contribution in [3.63, 3.8) is 0 Å². The molecule has 84 valence electrons. The summed E-state index contributed by atoms with van der Waals surface area (Å²) in [4.78, 5) is 2.23. The number of hydrogen-bond acceptors (Lipinski definition) is 3. The third-order valence-corrected chi connectivity index (χ3v) is 2.20. The average molecular weight is 219 g/mol. The van der Waals surface area contributed by atoms with Crippen molar-refractivity contribution in [3.05, 3.63) is 0 Å². The Morgan fingerprint density at radius 1 is 1.36 bits per heavy atom. The molecule has 0 fully saturated rings. The van der Waals surface area contributed by atoms with E-state index < -0.39 is 0 Å². The summed E-state index contributed by atoms with van der Waals surface area (Å²) >= 11 is 5.06. The van der Waals surface area contributed by atoms with Gasteiger partial charge in [-0.3, -0.25) is 0 Å². The van der Waals surface area contributed by atoms with Crippen LogP contribution in [0.2, 0.25) is 0 Å². The fraction of sp³-hybridized carbons (Fsp3) is 0.889. The molecule has 0 aromatic heterocycles. The first kappa shape index (κ1) is 13.6. The maximum absolute atomic E-state index is 5.06. The number of thiocarbonyl (C=S) groups is 1. The summed E-state index contributed by atoms with van der Waals surface area (Å²) in [7, 11) is 3.76. The van der Waals surface area contributed by atoms with E-state index >= 15 is 0 Å². The van der Waals surface area contributed by atoms with Crippen LogP contribution in [0, 0.1) is 0 Å². The number of ether oxygens (including phenoxy) is 1. The zero-order valence-electron chi connectivity index (χ0n) is 9.30. The van der Waals surface area contributed by atoms with Crippen LogP contribution in [0.1, 0.15) is 6.92 Å². The van der Waals surface area contributed by atoms with Crippen molar-refractivity contribution in [1.82, 2.24) is 15.5 Å². The number of rotatable bonds is 7. The van der Waals surface area contributed by atoms with Crippen molar-refractivity contribution in [2.75, 3.05) is 46.9 Å². The second-order valence-electron chi connectivity index (χ2n) is 3.07. The van der Waals surface area contributed by atoms with E-state index in [0.717, 1.165) is 26.2 Å². The first-order valence-corrected chi connectivity index (χ1v) is 5.30. The second kappa shape index (κ2) is 9.18. The van der Waals surface area contributed by atoms with Gasteiger partial charge in [0.2, 0.25) is 0 Å². The predicted molar refractivity (Wildman–Crippen MR) is 63.7 cm³/mol. The van der Waals surface area contributed by atoms with Gasteiger partial charge in [-0.05, 0) is 25.8 Å². The smallest absolute Gasteiger partial charge is 0.166 e. The van der Waals surface area contributed by atoms with Crippen molar-refractivity contribution in [3.8, 4) is 0 Å². The Hall–Kier alpha value is -0.390. The molecule has 0 saturated carbocycles. The maximum atomic E-state index is 5.06. The summed E-state index contributed by atoms with van der Waals surface area (Å²) < 4.78 is 4.89. The monoisotopic (exact) mass is 219 g/mol. The van der Waals surface area contributed by atoms with Gasteiger partial charge in [-0.1, -0.05) is 6.92 Å². The minimum atomic E-state index is 0.677. The fourth-order valence-corrected chi connectivity index (χ4v) is 1.05. The van der Waals surface area contributed by atoms with Crippen LogP contribution >= 0.6 is 12.2 Å². The SMILES string of the molecule is CCN(C)CCNC(=S)NCCOC. The van der Waals surface area contributed by atoms with Crippen LogP contribution in [-0.4, -0.2) is 57.0 Å². The van der Waals surface area contributed by atoms with Crippen molar-refractivity contribution < 1.29 is 4.74 Å². The second-order valence-corrected chi connectivity index (χ2v) is 3.48. The van der Waals surface area contributed by atoms with Crippen molar-refractivity contribution >= 4 is 17.3 Å². The molecule has 0 heterocycles. The summed E-state index contributed by atoms with van der Waals surface area (Å²) in [6, 6.07) is 0. The average Bonchev–Trinajstić information content (AvgIpc) is 2.18. The van der Waals surface area contributed by atoms with Gasteiger partial charge in [0.05, 0.1) is 6.61 Å². The molecule has 14 heavy (non-hydrogen) atoms. The highest BCUT2D eigenvalue weighted by atomic mass is 32.1. The van der Waals surface area contributed by atoms with Gasteiger partial charge in [-0.15, -0.1) is 0 Å². The van der Waals surface area contributed by atoms with Crippen LogP contribution in [0.25, 0.3) is 0 Å². The van der Waals surface area contributed by atoms with E-state index in [1.165, 1.54) is 0 Å². The summed E-state index contributed by atoms with van der Waals surface area (Å²) in [6.45, 7) is 6.51. The maximum Gasteiger partial charge on any atom is 0.166 e. The number of hydrogen-bond donors (Lipinski definition) is 2. The lowest BCUT2D eigenvalue weighted by Gasteiger charge is -2.15. The lowest BCUT2D eigenvalue weighted by atomic mass is 10.5. The molecule has 0 rings (SSSR count). The molecule has 0 spiro atoms. The van der Waals surface area contributed by atoms with Crippen molar-refractivity contribution in [2.24, 2.45) is 0 Å².